The molecule has 0 aromatic rings. The second-order valence-electron chi connectivity index (χ2n) is 4.98. The molecule has 0 saturated carbocycles. The first-order valence-corrected chi connectivity index (χ1v) is 13.0. The van der Waals surface area contributed by atoms with Gasteiger partial charge in [-0.3, -0.25) is 0 Å². The van der Waals surface area contributed by atoms with Crippen LogP contribution in [0.4, 0.5) is 0 Å². The van der Waals surface area contributed by atoms with Crippen molar-refractivity contribution >= 4 is 0 Å². The van der Waals surface area contributed by atoms with E-state index in [1.165, 1.54) is 17.7 Å². The van der Waals surface area contributed by atoms with Gasteiger partial charge in [-0.15, -0.1) is 0 Å². The van der Waals surface area contributed by atoms with Crippen molar-refractivity contribution in [1.29, 1.82) is 0 Å². The average Bonchev–Trinajstić information content (AvgIpc) is 2.67. The van der Waals surface area contributed by atoms with Crippen LogP contribution in [0.2, 0.25) is 19.2 Å². The van der Waals surface area contributed by atoms with Gasteiger partial charge in [0.05, 0.1) is 0 Å². The Labute approximate surface area is 99.0 Å². The molecule has 1 heteroatoms. The van der Waals surface area contributed by atoms with Gasteiger partial charge >= 0.3 is 99.1 Å². The van der Waals surface area contributed by atoms with E-state index >= 15 is 0 Å². The topological polar surface area (TPSA) is 0 Å². The van der Waals surface area contributed by atoms with Crippen molar-refractivity contribution in [3.63, 3.8) is 0 Å². The van der Waals surface area contributed by atoms with Gasteiger partial charge in [0.1, 0.15) is 0 Å². The standard InChI is InChI=1S/C8H11.C4H9.2CH3.Pt/c1-7(2)8-5-3-4-6-8;1-3-4-2;;;/h3-6,8H,1-2H3;1,3-4H2,2H3;2*1H3;. The van der Waals surface area contributed by atoms with Crippen LogP contribution in [0.3, 0.4) is 0 Å². The molecule has 0 unspecified atom stereocenters. The molecule has 15 heavy (non-hydrogen) atoms. The fourth-order valence-electron chi connectivity index (χ4n) is 1.76. The molecule has 1 rings (SSSR count). The molecule has 0 aromatic heterocycles. The van der Waals surface area contributed by atoms with Crippen molar-refractivity contribution in [3.8, 4) is 0 Å². The molecule has 0 amide bonds. The summed E-state index contributed by atoms with van der Waals surface area (Å²) in [5, 5.41) is 5.20. The molecular formula is C14H26Pt. The maximum atomic E-state index is 2.60. The molecule has 0 fully saturated rings. The first-order valence-electron chi connectivity index (χ1n) is 5.68. The van der Waals surface area contributed by atoms with Gasteiger partial charge in [0.15, 0.2) is 0 Å². The summed E-state index contributed by atoms with van der Waals surface area (Å²) in [6, 6.07) is 0. The molecule has 1 aliphatic carbocycles. The first kappa shape index (κ1) is 13.2. The Hall–Kier alpha value is 0.168. The fourth-order valence-corrected chi connectivity index (χ4v) is 8.52. The van der Waals surface area contributed by atoms with Crippen molar-refractivity contribution in [2.24, 2.45) is 5.92 Å². The number of rotatable bonds is 5. The van der Waals surface area contributed by atoms with Crippen molar-refractivity contribution in [1.82, 2.24) is 0 Å². The van der Waals surface area contributed by atoms with Crippen LogP contribution in [-0.2, 0) is 16.1 Å². The van der Waals surface area contributed by atoms with Crippen LogP contribution in [0.1, 0.15) is 33.6 Å². The Morgan fingerprint density at radius 3 is 2.13 bits per heavy atom. The van der Waals surface area contributed by atoms with E-state index < -0.39 is 16.1 Å². The number of hydrogen-bond donors (Lipinski definition) is 0. The Morgan fingerprint density at radius 2 is 1.67 bits per heavy atom. The van der Waals surface area contributed by atoms with Gasteiger partial charge in [0.25, 0.3) is 0 Å². The molecule has 0 aliphatic heterocycles. The third-order valence-corrected chi connectivity index (χ3v) is 15.8. The zero-order chi connectivity index (χ0) is 11.5. The summed E-state index contributed by atoms with van der Waals surface area (Å²) in [4.78, 5) is 1.51. The van der Waals surface area contributed by atoms with Crippen molar-refractivity contribution in [2.45, 2.75) is 52.9 Å². The maximum absolute atomic E-state index is 2.60. The Bertz CT molecular complexity index is 247. The van der Waals surface area contributed by atoms with E-state index in [1.54, 1.807) is 0 Å². The number of unbranched alkanes of at least 4 members (excludes halogenated alkanes) is 1. The van der Waals surface area contributed by atoms with E-state index in [2.05, 4.69) is 55.7 Å². The summed E-state index contributed by atoms with van der Waals surface area (Å²) >= 11 is -1.58. The summed E-state index contributed by atoms with van der Waals surface area (Å²) in [6.45, 7) is 7.29. The van der Waals surface area contributed by atoms with Gasteiger partial charge < -0.3 is 0 Å². The van der Waals surface area contributed by atoms with E-state index in [4.69, 9.17) is 0 Å². The van der Waals surface area contributed by atoms with Crippen molar-refractivity contribution in [3.05, 3.63) is 24.3 Å². The van der Waals surface area contributed by atoms with Crippen LogP contribution in [-0.4, -0.2) is 0 Å². The van der Waals surface area contributed by atoms with Crippen LogP contribution in [0.25, 0.3) is 0 Å². The molecule has 0 aromatic carbocycles. The molecule has 1 aliphatic rings. The van der Waals surface area contributed by atoms with E-state index in [-0.39, 0.29) is 0 Å². The predicted octanol–water partition coefficient (Wildman–Crippen LogP) is 5.40. The minimum atomic E-state index is -1.58. The third-order valence-electron chi connectivity index (χ3n) is 3.48. The number of hydrogen-bond acceptors (Lipinski definition) is 0. The van der Waals surface area contributed by atoms with E-state index in [0.717, 1.165) is 0 Å². The molecule has 0 atom stereocenters. The average molecular weight is 389 g/mol. The monoisotopic (exact) mass is 389 g/mol. The van der Waals surface area contributed by atoms with Gasteiger partial charge in [0, 0.05) is 0 Å². The molecule has 0 nitrogen and oxygen atoms in total. The molecule has 0 saturated heterocycles. The van der Waals surface area contributed by atoms with Crippen LogP contribution in [0, 0.1) is 5.92 Å². The molecule has 0 bridgehead atoms. The van der Waals surface area contributed by atoms with Gasteiger partial charge in [-0.2, -0.15) is 0 Å². The zero-order valence-corrected chi connectivity index (χ0v) is 13.1. The van der Waals surface area contributed by atoms with E-state index in [0.29, 0.717) is 9.72 Å². The number of allylic oxidation sites excluding steroid dienone is 4. The molecular weight excluding hydrogens is 363 g/mol. The Kier molecular flexibility index (Phi) is 4.41. The third kappa shape index (κ3) is 2.84. The molecule has 0 spiro atoms. The Balaban J connectivity index is 2.73. The minimum absolute atomic E-state index is 0.533. The second-order valence-corrected chi connectivity index (χ2v) is 17.6. The summed E-state index contributed by atoms with van der Waals surface area (Å²) in [6.07, 6.45) is 12.0. The van der Waals surface area contributed by atoms with Crippen molar-refractivity contribution in [2.75, 3.05) is 0 Å². The van der Waals surface area contributed by atoms with Crippen LogP contribution < -0.4 is 0 Å². The SMILES string of the molecule is CCC[CH2][Pt]([CH3])([CH3])[C](C)(C)C1C=CC=C1. The van der Waals surface area contributed by atoms with Gasteiger partial charge in [-0.1, -0.05) is 0 Å². The molecule has 92 valence electrons. The van der Waals surface area contributed by atoms with Crippen LogP contribution in [0.5, 0.6) is 0 Å². The quantitative estimate of drug-likeness (QED) is 0.591. The van der Waals surface area contributed by atoms with Gasteiger partial charge in [-0.05, 0) is 0 Å². The van der Waals surface area contributed by atoms with E-state index in [1.807, 2.05) is 0 Å². The summed E-state index contributed by atoms with van der Waals surface area (Å²) in [5.41, 5.74) is 0. The predicted molar refractivity (Wildman–Crippen MR) is 67.3 cm³/mol. The normalized spacial score (nSPS) is 18.7. The summed E-state index contributed by atoms with van der Waals surface area (Å²) in [7, 11) is 0. The van der Waals surface area contributed by atoms with Gasteiger partial charge in [-0.25, -0.2) is 0 Å². The van der Waals surface area contributed by atoms with Crippen LogP contribution >= 0.6 is 0 Å². The van der Waals surface area contributed by atoms with Crippen molar-refractivity contribution < 1.29 is 16.1 Å². The molecule has 0 heterocycles. The van der Waals surface area contributed by atoms with Gasteiger partial charge in [0.2, 0.25) is 0 Å². The first-order chi connectivity index (χ1) is 6.92. The van der Waals surface area contributed by atoms with E-state index in [9.17, 15) is 0 Å². The fraction of sp³-hybridized carbons (Fsp3) is 0.714. The summed E-state index contributed by atoms with van der Waals surface area (Å²) in [5.74, 6) is 0.695. The second kappa shape index (κ2) is 5.00. The summed E-state index contributed by atoms with van der Waals surface area (Å²) < 4.78 is 0.533. The molecule has 0 N–H and O–H groups in total. The molecule has 0 radical (unpaired) electrons. The Morgan fingerprint density at radius 1 is 1.13 bits per heavy atom. The van der Waals surface area contributed by atoms with Crippen LogP contribution in [0.15, 0.2) is 24.3 Å². The zero-order valence-electron chi connectivity index (χ0n) is 10.8.